The van der Waals surface area contributed by atoms with Crippen molar-refractivity contribution in [1.82, 2.24) is 20.1 Å². The highest BCUT2D eigenvalue weighted by atomic mass is 19.4. The van der Waals surface area contributed by atoms with Crippen LogP contribution in [0.4, 0.5) is 24.5 Å². The summed E-state index contributed by atoms with van der Waals surface area (Å²) in [6.07, 6.45) is 1.89. The van der Waals surface area contributed by atoms with E-state index in [0.29, 0.717) is 56.3 Å². The molecule has 3 aromatic rings. The summed E-state index contributed by atoms with van der Waals surface area (Å²) in [5.41, 5.74) is 2.48. The topological polar surface area (TPSA) is 122 Å². The minimum Gasteiger partial charge on any atom is -0.494 e. The number of pyridine rings is 1. The van der Waals surface area contributed by atoms with Gasteiger partial charge in [0, 0.05) is 63.5 Å². The number of hydrogen-bond donors (Lipinski definition) is 1. The van der Waals surface area contributed by atoms with E-state index < -0.39 is 23.5 Å². The first-order valence-electron chi connectivity index (χ1n) is 18.6. The summed E-state index contributed by atoms with van der Waals surface area (Å²) in [5, 5.41) is 11.4. The fraction of sp³-hybridized carbons (Fsp3) is 0.475. The molecule has 2 amide bonds. The van der Waals surface area contributed by atoms with Crippen LogP contribution in [-0.4, -0.2) is 98.4 Å². The molecule has 11 nitrogen and oxygen atoms in total. The standard InChI is InChI=1S/C40H46F3N7O4/c1-47(37-10-11-38(52)46-39(37)53)26-31-22-32(7-4-30(31)27-51)50-19-17-48(18-20-50)14-2-3-21-54-34-8-5-28(6-9-34)29-12-15-49(16-13-29)33-23-35(40(41,42)43)36(24-44)45-25-33/h4-9,22-23,25,27,29,37H,2-3,10-21,26H2,1H3,(H,46,52,53). The van der Waals surface area contributed by atoms with E-state index in [1.165, 1.54) is 17.8 Å². The van der Waals surface area contributed by atoms with Crippen LogP contribution in [0.25, 0.3) is 0 Å². The minimum atomic E-state index is -4.63. The van der Waals surface area contributed by atoms with Crippen molar-refractivity contribution in [2.24, 2.45) is 0 Å². The first-order chi connectivity index (χ1) is 26.0. The van der Waals surface area contributed by atoms with Crippen molar-refractivity contribution in [1.29, 1.82) is 5.26 Å². The number of aromatic nitrogens is 1. The van der Waals surface area contributed by atoms with Crippen molar-refractivity contribution in [3.05, 3.63) is 82.7 Å². The Hall–Kier alpha value is -5.00. The maximum atomic E-state index is 13.4. The number of imide groups is 1. The van der Waals surface area contributed by atoms with Crippen LogP contribution in [0.15, 0.2) is 54.7 Å². The summed E-state index contributed by atoms with van der Waals surface area (Å²) < 4.78 is 46.3. The van der Waals surface area contributed by atoms with Crippen molar-refractivity contribution in [2.75, 3.05) is 69.3 Å². The molecule has 0 radical (unpaired) electrons. The van der Waals surface area contributed by atoms with Gasteiger partial charge in [0.1, 0.15) is 18.1 Å². The minimum absolute atomic E-state index is 0.247. The number of benzene rings is 2. The fourth-order valence-corrected chi connectivity index (χ4v) is 7.62. The number of nitrogens with zero attached hydrogens (tertiary/aromatic N) is 6. The number of piperazine rings is 1. The molecule has 286 valence electrons. The third-order valence-electron chi connectivity index (χ3n) is 10.8. The van der Waals surface area contributed by atoms with Crippen LogP contribution in [-0.2, 0) is 22.3 Å². The Kier molecular flexibility index (Phi) is 12.5. The van der Waals surface area contributed by atoms with Gasteiger partial charge >= 0.3 is 6.18 Å². The van der Waals surface area contributed by atoms with E-state index >= 15 is 0 Å². The summed E-state index contributed by atoms with van der Waals surface area (Å²) in [4.78, 5) is 48.1. The third kappa shape index (κ3) is 9.56. The monoisotopic (exact) mass is 745 g/mol. The van der Waals surface area contributed by atoms with Crippen LogP contribution in [0.3, 0.4) is 0 Å². The molecule has 1 N–H and O–H groups in total. The van der Waals surface area contributed by atoms with E-state index in [9.17, 15) is 27.6 Å². The molecule has 0 saturated carbocycles. The molecule has 0 bridgehead atoms. The predicted octanol–water partition coefficient (Wildman–Crippen LogP) is 5.39. The van der Waals surface area contributed by atoms with Gasteiger partial charge in [0.25, 0.3) is 0 Å². The van der Waals surface area contributed by atoms with E-state index in [0.717, 1.165) is 87.8 Å². The second kappa shape index (κ2) is 17.4. The van der Waals surface area contributed by atoms with Gasteiger partial charge < -0.3 is 14.5 Å². The number of carbonyl (C=O) groups is 3. The molecule has 0 spiro atoms. The number of anilines is 2. The Morgan fingerprint density at radius 2 is 1.69 bits per heavy atom. The Morgan fingerprint density at radius 3 is 2.35 bits per heavy atom. The lowest BCUT2D eigenvalue weighted by atomic mass is 9.89. The Bertz CT molecular complexity index is 1830. The van der Waals surface area contributed by atoms with Crippen molar-refractivity contribution >= 4 is 29.5 Å². The number of ether oxygens (including phenoxy) is 1. The number of rotatable bonds is 13. The van der Waals surface area contributed by atoms with Gasteiger partial charge in [0.05, 0.1) is 30.1 Å². The van der Waals surface area contributed by atoms with Crippen molar-refractivity contribution in [3.63, 3.8) is 0 Å². The van der Waals surface area contributed by atoms with Gasteiger partial charge in [-0.05, 0) is 99.1 Å². The molecule has 2 aromatic carbocycles. The van der Waals surface area contributed by atoms with Gasteiger partial charge in [0.15, 0.2) is 5.69 Å². The van der Waals surface area contributed by atoms with Gasteiger partial charge in [-0.25, -0.2) is 4.98 Å². The molecule has 14 heteroatoms. The second-order valence-corrected chi connectivity index (χ2v) is 14.3. The third-order valence-corrected chi connectivity index (χ3v) is 10.8. The molecular weight excluding hydrogens is 699 g/mol. The highest BCUT2D eigenvalue weighted by Crippen LogP contribution is 2.36. The lowest BCUT2D eigenvalue weighted by Crippen LogP contribution is -2.51. The molecule has 3 saturated heterocycles. The Balaban J connectivity index is 0.891. The molecule has 4 heterocycles. The predicted molar refractivity (Wildman–Crippen MR) is 197 cm³/mol. The fourth-order valence-electron chi connectivity index (χ4n) is 7.62. The molecule has 54 heavy (non-hydrogen) atoms. The smallest absolute Gasteiger partial charge is 0.419 e. The zero-order chi connectivity index (χ0) is 38.2. The van der Waals surface area contributed by atoms with E-state index in [2.05, 4.69) is 32.2 Å². The lowest BCUT2D eigenvalue weighted by Gasteiger charge is -2.36. The lowest BCUT2D eigenvalue weighted by molar-refractivity contribution is -0.138. The van der Waals surface area contributed by atoms with Crippen LogP contribution >= 0.6 is 0 Å². The Labute approximate surface area is 313 Å². The highest BCUT2D eigenvalue weighted by molar-refractivity contribution is 6.00. The molecule has 6 rings (SSSR count). The number of unbranched alkanes of at least 4 members (excludes halogenated alkanes) is 1. The van der Waals surface area contributed by atoms with Gasteiger partial charge in [-0.15, -0.1) is 0 Å². The number of amides is 2. The first-order valence-corrected chi connectivity index (χ1v) is 18.6. The SMILES string of the molecule is CN(Cc1cc(N2CCN(CCCCOc3ccc(C4CCN(c5cnc(C#N)c(C(F)(F)F)c5)CC4)cc3)CC2)ccc1C=O)C1CCC(=O)NC1=O. The summed E-state index contributed by atoms with van der Waals surface area (Å²) in [5.74, 6) is 0.577. The normalized spacial score (nSPS) is 18.8. The average Bonchev–Trinajstić information content (AvgIpc) is 3.17. The van der Waals surface area contributed by atoms with Gasteiger partial charge in [-0.1, -0.05) is 12.1 Å². The molecule has 1 atom stereocenters. The average molecular weight is 746 g/mol. The van der Waals surface area contributed by atoms with Gasteiger partial charge in [0.2, 0.25) is 11.8 Å². The zero-order valence-corrected chi connectivity index (χ0v) is 30.5. The van der Waals surface area contributed by atoms with Crippen LogP contribution in [0.5, 0.6) is 5.75 Å². The second-order valence-electron chi connectivity index (χ2n) is 14.3. The summed E-state index contributed by atoms with van der Waals surface area (Å²) in [6, 6.07) is 16.2. The molecule has 3 fully saturated rings. The highest BCUT2D eigenvalue weighted by Gasteiger charge is 2.36. The zero-order valence-electron chi connectivity index (χ0n) is 30.5. The van der Waals surface area contributed by atoms with Crippen molar-refractivity contribution < 1.29 is 32.3 Å². The molecule has 1 unspecified atom stereocenters. The number of carbonyl (C=O) groups excluding carboxylic acids is 3. The Morgan fingerprint density at radius 1 is 0.963 bits per heavy atom. The molecule has 3 aliphatic heterocycles. The first kappa shape index (κ1) is 38.7. The number of alkyl halides is 3. The van der Waals surface area contributed by atoms with Crippen LogP contribution in [0.2, 0.25) is 0 Å². The van der Waals surface area contributed by atoms with Gasteiger partial charge in [-0.3, -0.25) is 29.5 Å². The number of aldehydes is 1. The molecule has 1 aromatic heterocycles. The molecule has 3 aliphatic rings. The van der Waals surface area contributed by atoms with Gasteiger partial charge in [-0.2, -0.15) is 18.4 Å². The molecule has 0 aliphatic carbocycles. The maximum Gasteiger partial charge on any atom is 0.419 e. The number of nitrogens with one attached hydrogen (secondary N) is 1. The van der Waals surface area contributed by atoms with E-state index in [-0.39, 0.29) is 11.8 Å². The van der Waals surface area contributed by atoms with Crippen molar-refractivity contribution in [3.8, 4) is 11.8 Å². The van der Waals surface area contributed by atoms with Crippen LogP contribution in [0.1, 0.15) is 77.2 Å². The summed E-state index contributed by atoms with van der Waals surface area (Å²) >= 11 is 0. The quantitative estimate of drug-likeness (QED) is 0.139. The number of hydrogen-bond acceptors (Lipinski definition) is 10. The summed E-state index contributed by atoms with van der Waals surface area (Å²) in [6.45, 7) is 6.84. The largest absolute Gasteiger partial charge is 0.494 e. The number of likely N-dealkylation sites (N-methyl/N-ethyl adjacent to an activating group) is 1. The maximum absolute atomic E-state index is 13.4. The molecular formula is C40H46F3N7O4. The number of halogens is 3. The van der Waals surface area contributed by atoms with Crippen LogP contribution in [0, 0.1) is 11.3 Å². The van der Waals surface area contributed by atoms with Crippen LogP contribution < -0.4 is 19.9 Å². The number of piperidine rings is 2. The van der Waals surface area contributed by atoms with E-state index in [1.807, 2.05) is 47.2 Å². The summed E-state index contributed by atoms with van der Waals surface area (Å²) in [7, 11) is 1.85. The van der Waals surface area contributed by atoms with E-state index in [1.54, 1.807) is 0 Å². The van der Waals surface area contributed by atoms with Crippen molar-refractivity contribution in [2.45, 2.75) is 63.2 Å². The number of nitriles is 1. The van der Waals surface area contributed by atoms with E-state index in [4.69, 9.17) is 10.00 Å².